The maximum atomic E-state index is 13.6. The maximum Gasteiger partial charge on any atom is 0.419 e. The summed E-state index contributed by atoms with van der Waals surface area (Å²) in [6.07, 6.45) is 1.20. The van der Waals surface area contributed by atoms with Crippen molar-refractivity contribution in [2.75, 3.05) is 5.32 Å². The molecule has 27 heavy (non-hydrogen) atoms. The number of thiazole rings is 1. The van der Waals surface area contributed by atoms with Crippen molar-refractivity contribution in [2.24, 2.45) is 5.92 Å². The molecule has 2 aromatic rings. The molecule has 1 aromatic carbocycles. The first-order valence-electron chi connectivity index (χ1n) is 8.41. The molecule has 1 saturated carbocycles. The van der Waals surface area contributed by atoms with Crippen LogP contribution in [-0.4, -0.2) is 10.9 Å². The van der Waals surface area contributed by atoms with Crippen LogP contribution in [0.3, 0.4) is 0 Å². The minimum atomic E-state index is -4.80. The first-order valence-corrected chi connectivity index (χ1v) is 9.29. The molecule has 148 valence electrons. The highest BCUT2D eigenvalue weighted by Gasteiger charge is 2.36. The molecule has 1 aromatic heterocycles. The van der Waals surface area contributed by atoms with Gasteiger partial charge in [0.15, 0.2) is 5.13 Å². The third-order valence-corrected chi connectivity index (χ3v) is 5.41. The number of rotatable bonds is 5. The minimum absolute atomic E-state index is 0. The van der Waals surface area contributed by atoms with E-state index >= 15 is 0 Å². The van der Waals surface area contributed by atoms with Gasteiger partial charge in [-0.15, -0.1) is 11.3 Å². The normalized spacial score (nSPS) is 16.0. The highest BCUT2D eigenvalue weighted by Crippen LogP contribution is 2.38. The second-order valence-electron chi connectivity index (χ2n) is 6.50. The summed E-state index contributed by atoms with van der Waals surface area (Å²) in [5, 5.41) is 4.75. The van der Waals surface area contributed by atoms with Crippen LogP contribution in [0.5, 0.6) is 0 Å². The van der Waals surface area contributed by atoms with Crippen molar-refractivity contribution in [3.63, 3.8) is 0 Å². The van der Waals surface area contributed by atoms with Gasteiger partial charge in [0.2, 0.25) is 5.91 Å². The van der Waals surface area contributed by atoms with Gasteiger partial charge in [0.05, 0.1) is 11.5 Å². The number of hydrogen-bond acceptors (Lipinski definition) is 3. The number of carbonyl (C=O) groups excluding carboxylic acids is 1. The van der Waals surface area contributed by atoms with E-state index in [4.69, 9.17) is 0 Å². The van der Waals surface area contributed by atoms with Crippen LogP contribution >= 0.6 is 11.3 Å². The molecule has 1 heterocycles. The van der Waals surface area contributed by atoms with Crippen LogP contribution in [0.15, 0.2) is 29.8 Å². The van der Waals surface area contributed by atoms with Crippen LogP contribution in [0, 0.1) is 11.7 Å². The fourth-order valence-corrected chi connectivity index (χ4v) is 3.96. The number of alkyl halides is 3. The highest BCUT2D eigenvalue weighted by molar-refractivity contribution is 7.13. The zero-order valence-electron chi connectivity index (χ0n) is 13.9. The van der Waals surface area contributed by atoms with Crippen LogP contribution < -0.4 is 5.32 Å². The van der Waals surface area contributed by atoms with E-state index < -0.39 is 29.4 Å². The van der Waals surface area contributed by atoms with Gasteiger partial charge in [0, 0.05) is 11.6 Å². The molecule has 0 radical (unpaired) electrons. The van der Waals surface area contributed by atoms with Gasteiger partial charge in [-0.25, -0.2) is 9.37 Å². The van der Waals surface area contributed by atoms with Crippen molar-refractivity contribution >= 4 is 22.4 Å². The van der Waals surface area contributed by atoms with Gasteiger partial charge in [0.25, 0.3) is 0 Å². The lowest BCUT2D eigenvalue weighted by Gasteiger charge is -2.21. The van der Waals surface area contributed by atoms with Gasteiger partial charge >= 0.3 is 6.18 Å². The summed E-state index contributed by atoms with van der Waals surface area (Å²) in [5.41, 5.74) is -1.16. The average Bonchev–Trinajstić information content (AvgIpc) is 3.25. The standard InChI is InChI=1S/C18H18F4N2OS.CH4/c19-15-6-5-12(10-14(15)18(20,21)22)13(9-11-3-1-2-4-11)16(25)24-17-23-7-8-26-17;/h5-8,10-11,13H,1-4,9H2,(H,23,24,25);1H4. The van der Waals surface area contributed by atoms with Crippen LogP contribution in [-0.2, 0) is 11.0 Å². The topological polar surface area (TPSA) is 42.0 Å². The van der Waals surface area contributed by atoms with E-state index in [-0.39, 0.29) is 18.9 Å². The first-order chi connectivity index (χ1) is 12.3. The molecule has 1 unspecified atom stereocenters. The fraction of sp³-hybridized carbons (Fsp3) is 0.474. The highest BCUT2D eigenvalue weighted by atomic mass is 32.1. The predicted octanol–water partition coefficient (Wildman–Crippen LogP) is 6.24. The smallest absolute Gasteiger partial charge is 0.301 e. The van der Waals surface area contributed by atoms with E-state index in [0.717, 1.165) is 37.8 Å². The van der Waals surface area contributed by atoms with Gasteiger partial charge in [-0.2, -0.15) is 13.2 Å². The lowest BCUT2D eigenvalue weighted by molar-refractivity contribution is -0.140. The van der Waals surface area contributed by atoms with Crippen molar-refractivity contribution in [3.8, 4) is 0 Å². The van der Waals surface area contributed by atoms with E-state index in [2.05, 4.69) is 10.3 Å². The van der Waals surface area contributed by atoms with Crippen molar-refractivity contribution in [1.29, 1.82) is 0 Å². The summed E-state index contributed by atoms with van der Waals surface area (Å²) in [5.74, 6) is -2.24. The number of hydrogen-bond donors (Lipinski definition) is 1. The van der Waals surface area contributed by atoms with E-state index in [1.54, 1.807) is 5.38 Å². The number of benzene rings is 1. The number of amides is 1. The molecule has 0 spiro atoms. The lowest BCUT2D eigenvalue weighted by Crippen LogP contribution is -2.23. The number of aromatic nitrogens is 1. The second-order valence-corrected chi connectivity index (χ2v) is 7.40. The van der Waals surface area contributed by atoms with Gasteiger partial charge in [0.1, 0.15) is 5.82 Å². The Hall–Kier alpha value is -1.96. The Bertz CT molecular complexity index is 756. The SMILES string of the molecule is C.O=C(Nc1nccs1)C(CC1CCCC1)c1ccc(F)c(C(F)(F)F)c1. The van der Waals surface area contributed by atoms with Gasteiger partial charge in [-0.1, -0.05) is 39.2 Å². The molecule has 0 aliphatic heterocycles. The predicted molar refractivity (Wildman–Crippen MR) is 98.2 cm³/mol. The molecule has 1 atom stereocenters. The third-order valence-electron chi connectivity index (χ3n) is 4.72. The fourth-order valence-electron chi connectivity index (χ4n) is 3.43. The summed E-state index contributed by atoms with van der Waals surface area (Å²) in [7, 11) is 0. The minimum Gasteiger partial charge on any atom is -0.301 e. The Kier molecular flexibility index (Phi) is 6.97. The van der Waals surface area contributed by atoms with Crippen molar-refractivity contribution in [1.82, 2.24) is 4.98 Å². The number of nitrogens with one attached hydrogen (secondary N) is 1. The third kappa shape index (κ3) is 5.28. The second kappa shape index (κ2) is 8.82. The van der Waals surface area contributed by atoms with Crippen LogP contribution in [0.25, 0.3) is 0 Å². The van der Waals surface area contributed by atoms with Crippen LogP contribution in [0.2, 0.25) is 0 Å². The van der Waals surface area contributed by atoms with Crippen LogP contribution in [0.1, 0.15) is 56.6 Å². The molecule has 0 bridgehead atoms. The lowest BCUT2D eigenvalue weighted by atomic mass is 9.86. The monoisotopic (exact) mass is 402 g/mol. The van der Waals surface area contributed by atoms with Gasteiger partial charge in [-0.05, 0) is 30.0 Å². The Balaban J connectivity index is 0.00000261. The maximum absolute atomic E-state index is 13.6. The summed E-state index contributed by atoms with van der Waals surface area (Å²) < 4.78 is 52.8. The summed E-state index contributed by atoms with van der Waals surface area (Å²) in [6, 6.07) is 2.82. The van der Waals surface area contributed by atoms with Crippen molar-refractivity contribution in [2.45, 2.75) is 51.6 Å². The summed E-state index contributed by atoms with van der Waals surface area (Å²) in [4.78, 5) is 16.7. The zero-order valence-corrected chi connectivity index (χ0v) is 14.7. The molecule has 1 aliphatic carbocycles. The zero-order chi connectivity index (χ0) is 18.7. The molecular weight excluding hydrogens is 380 g/mol. The number of anilines is 1. The Morgan fingerprint density at radius 3 is 2.59 bits per heavy atom. The van der Waals surface area contributed by atoms with Crippen LogP contribution in [0.4, 0.5) is 22.7 Å². The Morgan fingerprint density at radius 2 is 2.00 bits per heavy atom. The van der Waals surface area contributed by atoms with E-state index in [1.165, 1.54) is 23.6 Å². The molecular formula is C19H22F4N2OS. The molecule has 0 saturated heterocycles. The summed E-state index contributed by atoms with van der Waals surface area (Å²) in [6.45, 7) is 0. The quantitative estimate of drug-likeness (QED) is 0.602. The molecule has 1 N–H and O–H groups in total. The van der Waals surface area contributed by atoms with E-state index in [1.807, 2.05) is 0 Å². The Morgan fingerprint density at radius 1 is 1.30 bits per heavy atom. The van der Waals surface area contributed by atoms with Gasteiger partial charge in [-0.3, -0.25) is 4.79 Å². The molecule has 8 heteroatoms. The first kappa shape index (κ1) is 21.3. The Labute approximate surface area is 159 Å². The molecule has 3 rings (SSSR count). The molecule has 1 amide bonds. The van der Waals surface area contributed by atoms with Crippen molar-refractivity contribution in [3.05, 3.63) is 46.7 Å². The average molecular weight is 402 g/mol. The number of carbonyl (C=O) groups is 1. The number of halogens is 4. The molecule has 1 fully saturated rings. The van der Waals surface area contributed by atoms with Crippen molar-refractivity contribution < 1.29 is 22.4 Å². The van der Waals surface area contributed by atoms with E-state index in [9.17, 15) is 22.4 Å². The summed E-state index contributed by atoms with van der Waals surface area (Å²) >= 11 is 1.23. The molecule has 1 aliphatic rings. The molecule has 3 nitrogen and oxygen atoms in total. The largest absolute Gasteiger partial charge is 0.419 e. The van der Waals surface area contributed by atoms with E-state index in [0.29, 0.717) is 11.6 Å². The number of nitrogens with zero attached hydrogens (tertiary/aromatic N) is 1. The van der Waals surface area contributed by atoms with Gasteiger partial charge < -0.3 is 5.32 Å².